The zero-order chi connectivity index (χ0) is 11.7. The Morgan fingerprint density at radius 3 is 2.38 bits per heavy atom. The number of pyridine rings is 1. The van der Waals surface area contributed by atoms with E-state index in [4.69, 9.17) is 5.73 Å². The number of nitrogens with zero attached hydrogens (tertiary/aromatic N) is 1. The number of hydrogen-bond donors (Lipinski definition) is 1. The Morgan fingerprint density at radius 2 is 1.88 bits per heavy atom. The Hall–Kier alpha value is -0.710. The van der Waals surface area contributed by atoms with Crippen LogP contribution in [0.4, 0.5) is 0 Å². The molecule has 0 spiro atoms. The van der Waals surface area contributed by atoms with E-state index in [0.717, 1.165) is 27.0 Å². The predicted octanol–water partition coefficient (Wildman–Crippen LogP) is 3.57. The minimum Gasteiger partial charge on any atom is -0.320 e. The number of halogens is 1. The van der Waals surface area contributed by atoms with E-state index in [0.29, 0.717) is 0 Å². The molecule has 0 fully saturated rings. The van der Waals surface area contributed by atoms with E-state index in [-0.39, 0.29) is 6.04 Å². The summed E-state index contributed by atoms with van der Waals surface area (Å²) in [7, 11) is 0. The van der Waals surface area contributed by atoms with Gasteiger partial charge in [-0.15, -0.1) is 0 Å². The summed E-state index contributed by atoms with van der Waals surface area (Å²) in [6.45, 7) is 3.98. The van der Waals surface area contributed by atoms with Crippen LogP contribution in [0.25, 0.3) is 0 Å². The normalized spacial score (nSPS) is 12.8. The lowest BCUT2D eigenvalue weighted by Gasteiger charge is -2.12. The molecule has 2 heterocycles. The van der Waals surface area contributed by atoms with Crippen LogP contribution >= 0.6 is 27.3 Å². The van der Waals surface area contributed by atoms with Gasteiger partial charge in [0.1, 0.15) is 0 Å². The first-order valence-corrected chi connectivity index (χ1v) is 6.74. The van der Waals surface area contributed by atoms with E-state index in [9.17, 15) is 0 Å². The molecular weight excluding hydrogens is 284 g/mol. The van der Waals surface area contributed by atoms with Crippen molar-refractivity contribution in [1.82, 2.24) is 4.98 Å². The number of aromatic nitrogens is 1. The van der Waals surface area contributed by atoms with Crippen molar-refractivity contribution in [2.75, 3.05) is 0 Å². The van der Waals surface area contributed by atoms with Crippen LogP contribution in [0.15, 0.2) is 27.4 Å². The van der Waals surface area contributed by atoms with E-state index in [1.165, 1.54) is 0 Å². The molecule has 0 saturated heterocycles. The fourth-order valence-electron chi connectivity index (χ4n) is 1.74. The monoisotopic (exact) mass is 296 g/mol. The average molecular weight is 297 g/mol. The molecule has 0 amide bonds. The van der Waals surface area contributed by atoms with E-state index in [1.54, 1.807) is 11.3 Å². The molecule has 0 radical (unpaired) electrons. The lowest BCUT2D eigenvalue weighted by atomic mass is 10.0. The second-order valence-electron chi connectivity index (χ2n) is 3.84. The maximum atomic E-state index is 6.25. The molecule has 2 aromatic rings. The van der Waals surface area contributed by atoms with Gasteiger partial charge in [0.15, 0.2) is 0 Å². The van der Waals surface area contributed by atoms with Crippen LogP contribution in [-0.4, -0.2) is 4.98 Å². The van der Waals surface area contributed by atoms with Crippen molar-refractivity contribution in [3.63, 3.8) is 0 Å². The summed E-state index contributed by atoms with van der Waals surface area (Å²) in [5, 5.41) is 4.13. The standard InChI is InChI=1S/C12H13BrN2S/c1-7-3-9(4-8(2)15-7)12(14)10-5-16-6-11(10)13/h3-6,12H,14H2,1-2H3. The minimum atomic E-state index is -0.0824. The molecule has 1 unspecified atom stereocenters. The number of aryl methyl sites for hydroxylation is 2. The largest absolute Gasteiger partial charge is 0.320 e. The highest BCUT2D eigenvalue weighted by Crippen LogP contribution is 2.30. The van der Waals surface area contributed by atoms with Gasteiger partial charge in [-0.3, -0.25) is 4.98 Å². The third-order valence-corrected chi connectivity index (χ3v) is 4.19. The van der Waals surface area contributed by atoms with E-state index < -0.39 is 0 Å². The minimum absolute atomic E-state index is 0.0824. The number of hydrogen-bond acceptors (Lipinski definition) is 3. The SMILES string of the molecule is Cc1cc(C(N)c2cscc2Br)cc(C)n1. The zero-order valence-electron chi connectivity index (χ0n) is 9.20. The smallest absolute Gasteiger partial charge is 0.0572 e. The van der Waals surface area contributed by atoms with Gasteiger partial charge >= 0.3 is 0 Å². The highest BCUT2D eigenvalue weighted by atomic mass is 79.9. The molecule has 0 aromatic carbocycles. The van der Waals surface area contributed by atoms with Crippen LogP contribution < -0.4 is 5.73 Å². The molecule has 0 saturated carbocycles. The van der Waals surface area contributed by atoms with Crippen molar-refractivity contribution in [1.29, 1.82) is 0 Å². The van der Waals surface area contributed by atoms with Crippen LogP contribution in [-0.2, 0) is 0 Å². The fourth-order valence-corrected chi connectivity index (χ4v) is 3.32. The molecule has 16 heavy (non-hydrogen) atoms. The maximum absolute atomic E-state index is 6.25. The van der Waals surface area contributed by atoms with Gasteiger partial charge in [-0.2, -0.15) is 11.3 Å². The summed E-state index contributed by atoms with van der Waals surface area (Å²) >= 11 is 5.17. The van der Waals surface area contributed by atoms with Crippen LogP contribution in [0.3, 0.4) is 0 Å². The second-order valence-corrected chi connectivity index (χ2v) is 5.43. The molecule has 4 heteroatoms. The van der Waals surface area contributed by atoms with Gasteiger partial charge in [0.05, 0.1) is 6.04 Å². The van der Waals surface area contributed by atoms with Gasteiger partial charge in [0.2, 0.25) is 0 Å². The number of thiophene rings is 1. The summed E-state index contributed by atoms with van der Waals surface area (Å²) in [4.78, 5) is 4.36. The molecule has 2 aromatic heterocycles. The Bertz CT molecular complexity index is 487. The van der Waals surface area contributed by atoms with Gasteiger partial charge in [-0.05, 0) is 58.4 Å². The van der Waals surface area contributed by atoms with Crippen LogP contribution in [0.2, 0.25) is 0 Å². The number of rotatable bonds is 2. The summed E-state index contributed by atoms with van der Waals surface area (Å²) in [6.07, 6.45) is 0. The van der Waals surface area contributed by atoms with Crippen molar-refractivity contribution < 1.29 is 0 Å². The zero-order valence-corrected chi connectivity index (χ0v) is 11.6. The quantitative estimate of drug-likeness (QED) is 0.920. The van der Waals surface area contributed by atoms with Gasteiger partial charge in [-0.25, -0.2) is 0 Å². The van der Waals surface area contributed by atoms with E-state index in [2.05, 4.69) is 31.7 Å². The van der Waals surface area contributed by atoms with Gasteiger partial charge in [0, 0.05) is 21.2 Å². The van der Waals surface area contributed by atoms with E-state index >= 15 is 0 Å². The van der Waals surface area contributed by atoms with Crippen LogP contribution in [0.1, 0.15) is 28.6 Å². The summed E-state index contributed by atoms with van der Waals surface area (Å²) in [5.74, 6) is 0. The summed E-state index contributed by atoms with van der Waals surface area (Å²) in [6, 6.07) is 4.00. The van der Waals surface area contributed by atoms with Crippen molar-refractivity contribution in [3.05, 3.63) is 49.9 Å². The molecule has 0 aliphatic rings. The Labute approximate surface area is 108 Å². The number of nitrogens with two attached hydrogens (primary N) is 1. The molecule has 84 valence electrons. The lowest BCUT2D eigenvalue weighted by Crippen LogP contribution is -2.12. The third-order valence-electron chi connectivity index (χ3n) is 2.44. The molecule has 0 bridgehead atoms. The third kappa shape index (κ3) is 2.34. The predicted molar refractivity (Wildman–Crippen MR) is 71.8 cm³/mol. The Kier molecular flexibility index (Phi) is 3.42. The van der Waals surface area contributed by atoms with Gasteiger partial charge in [0.25, 0.3) is 0 Å². The molecule has 2 nitrogen and oxygen atoms in total. The molecule has 0 aliphatic carbocycles. The van der Waals surface area contributed by atoms with Gasteiger partial charge < -0.3 is 5.73 Å². The van der Waals surface area contributed by atoms with Crippen LogP contribution in [0, 0.1) is 13.8 Å². The molecule has 2 rings (SSSR count). The second kappa shape index (κ2) is 4.65. The van der Waals surface area contributed by atoms with Gasteiger partial charge in [-0.1, -0.05) is 0 Å². The van der Waals surface area contributed by atoms with Crippen molar-refractivity contribution in [2.24, 2.45) is 5.73 Å². The molecular formula is C12H13BrN2S. The highest BCUT2D eigenvalue weighted by Gasteiger charge is 2.13. The first-order valence-electron chi connectivity index (χ1n) is 5.00. The first kappa shape index (κ1) is 11.8. The van der Waals surface area contributed by atoms with Crippen molar-refractivity contribution in [3.8, 4) is 0 Å². The lowest BCUT2D eigenvalue weighted by molar-refractivity contribution is 0.860. The van der Waals surface area contributed by atoms with Crippen molar-refractivity contribution in [2.45, 2.75) is 19.9 Å². The highest BCUT2D eigenvalue weighted by molar-refractivity contribution is 9.10. The maximum Gasteiger partial charge on any atom is 0.0572 e. The Balaban J connectivity index is 2.41. The average Bonchev–Trinajstić information content (AvgIpc) is 2.62. The fraction of sp³-hybridized carbons (Fsp3) is 0.250. The van der Waals surface area contributed by atoms with Crippen LogP contribution in [0.5, 0.6) is 0 Å². The first-order chi connectivity index (χ1) is 7.58. The van der Waals surface area contributed by atoms with E-state index in [1.807, 2.05) is 26.0 Å². The van der Waals surface area contributed by atoms with Crippen molar-refractivity contribution >= 4 is 27.3 Å². The summed E-state index contributed by atoms with van der Waals surface area (Å²) < 4.78 is 1.08. The Morgan fingerprint density at radius 1 is 1.25 bits per heavy atom. The topological polar surface area (TPSA) is 38.9 Å². The molecule has 2 N–H and O–H groups in total. The molecule has 1 atom stereocenters. The summed E-state index contributed by atoms with van der Waals surface area (Å²) in [5.41, 5.74) is 10.5. The molecule has 0 aliphatic heterocycles.